The first kappa shape index (κ1) is 13.0. The summed E-state index contributed by atoms with van der Waals surface area (Å²) in [5.74, 6) is 0.204. The van der Waals surface area contributed by atoms with Gasteiger partial charge in [0, 0.05) is 20.0 Å². The van der Waals surface area contributed by atoms with Crippen LogP contribution in [0.5, 0.6) is 0 Å². The molecule has 0 aliphatic heterocycles. The molecule has 0 aromatic carbocycles. The maximum absolute atomic E-state index is 11.6. The van der Waals surface area contributed by atoms with Crippen molar-refractivity contribution in [1.29, 1.82) is 0 Å². The highest BCUT2D eigenvalue weighted by molar-refractivity contribution is 5.77. The third-order valence-electron chi connectivity index (χ3n) is 2.96. The predicted molar refractivity (Wildman–Crippen MR) is 59.8 cm³/mol. The Morgan fingerprint density at radius 1 is 1.50 bits per heavy atom. The summed E-state index contributed by atoms with van der Waals surface area (Å²) in [7, 11) is 4.88. The van der Waals surface area contributed by atoms with Gasteiger partial charge in [0.25, 0.3) is 0 Å². The van der Waals surface area contributed by atoms with E-state index in [1.54, 1.807) is 7.05 Å². The Balaban J connectivity index is 2.44. The summed E-state index contributed by atoms with van der Waals surface area (Å²) < 4.78 is 4.79. The van der Waals surface area contributed by atoms with Crippen LogP contribution in [0.1, 0.15) is 19.3 Å². The summed E-state index contributed by atoms with van der Waals surface area (Å²) in [4.78, 5) is 24.6. The fraction of sp³-hybridized carbons (Fsp3) is 0.818. The molecule has 0 heterocycles. The molecule has 1 aliphatic carbocycles. The molecule has 1 amide bonds. The normalized spacial score (nSPS) is 17.0. The van der Waals surface area contributed by atoms with E-state index >= 15 is 0 Å². The monoisotopic (exact) mass is 228 g/mol. The van der Waals surface area contributed by atoms with Gasteiger partial charge in [-0.3, -0.25) is 14.5 Å². The minimum atomic E-state index is -0.193. The van der Waals surface area contributed by atoms with Gasteiger partial charge in [-0.25, -0.2) is 0 Å². The Hall–Kier alpha value is -1.10. The topological polar surface area (TPSA) is 58.6 Å². The van der Waals surface area contributed by atoms with E-state index in [1.807, 2.05) is 11.9 Å². The number of amides is 1. The Morgan fingerprint density at radius 3 is 2.56 bits per heavy atom. The number of esters is 1. The van der Waals surface area contributed by atoms with Gasteiger partial charge >= 0.3 is 5.97 Å². The van der Waals surface area contributed by atoms with E-state index < -0.39 is 0 Å². The van der Waals surface area contributed by atoms with Crippen LogP contribution >= 0.6 is 0 Å². The molecule has 1 fully saturated rings. The van der Waals surface area contributed by atoms with Gasteiger partial charge in [0.05, 0.1) is 7.11 Å². The van der Waals surface area contributed by atoms with E-state index in [0.29, 0.717) is 18.9 Å². The fourth-order valence-corrected chi connectivity index (χ4v) is 1.81. The molecule has 5 nitrogen and oxygen atoms in total. The summed E-state index contributed by atoms with van der Waals surface area (Å²) in [6.07, 6.45) is 2.56. The lowest BCUT2D eigenvalue weighted by atomic mass is 10.1. The van der Waals surface area contributed by atoms with Crippen LogP contribution in [0.25, 0.3) is 0 Å². The molecule has 0 saturated heterocycles. The van der Waals surface area contributed by atoms with Gasteiger partial charge in [0.1, 0.15) is 6.04 Å². The van der Waals surface area contributed by atoms with Crippen LogP contribution < -0.4 is 5.32 Å². The molecule has 1 N–H and O–H groups in total. The first-order chi connectivity index (χ1) is 7.60. The van der Waals surface area contributed by atoms with Crippen molar-refractivity contribution in [2.45, 2.75) is 25.3 Å². The number of hydrogen-bond donors (Lipinski definition) is 1. The van der Waals surface area contributed by atoms with Crippen LogP contribution in [-0.2, 0) is 14.3 Å². The molecule has 0 aromatic rings. The highest BCUT2D eigenvalue weighted by Crippen LogP contribution is 2.35. The van der Waals surface area contributed by atoms with E-state index in [9.17, 15) is 9.59 Å². The molecule has 1 rings (SSSR count). The SMILES string of the molecule is CNC(=O)CCN(C)C(C(=O)OC)C1CC1. The van der Waals surface area contributed by atoms with E-state index in [-0.39, 0.29) is 17.9 Å². The van der Waals surface area contributed by atoms with Gasteiger partial charge in [0.2, 0.25) is 5.91 Å². The van der Waals surface area contributed by atoms with Crippen molar-refractivity contribution in [3.63, 3.8) is 0 Å². The minimum Gasteiger partial charge on any atom is -0.468 e. The summed E-state index contributed by atoms with van der Waals surface area (Å²) in [5, 5.41) is 2.57. The highest BCUT2D eigenvalue weighted by atomic mass is 16.5. The molecule has 1 aliphatic rings. The molecule has 0 radical (unpaired) electrons. The summed E-state index contributed by atoms with van der Waals surface area (Å²) in [6, 6.07) is -0.186. The summed E-state index contributed by atoms with van der Waals surface area (Å²) in [5.41, 5.74) is 0. The predicted octanol–water partition coefficient (Wildman–Crippen LogP) is 0.00590. The zero-order chi connectivity index (χ0) is 12.1. The molecule has 1 saturated carbocycles. The largest absolute Gasteiger partial charge is 0.468 e. The third kappa shape index (κ3) is 3.48. The Morgan fingerprint density at radius 2 is 2.12 bits per heavy atom. The second-order valence-corrected chi connectivity index (χ2v) is 4.21. The number of nitrogens with one attached hydrogen (secondary N) is 1. The second kappa shape index (κ2) is 5.84. The van der Waals surface area contributed by atoms with Crippen LogP contribution in [0.15, 0.2) is 0 Å². The Bertz CT molecular complexity index is 264. The molecule has 1 atom stereocenters. The van der Waals surface area contributed by atoms with Gasteiger partial charge in [-0.05, 0) is 25.8 Å². The average molecular weight is 228 g/mol. The van der Waals surface area contributed by atoms with Crippen LogP contribution in [0, 0.1) is 5.92 Å². The summed E-state index contributed by atoms with van der Waals surface area (Å²) >= 11 is 0. The summed E-state index contributed by atoms with van der Waals surface area (Å²) in [6.45, 7) is 0.579. The lowest BCUT2D eigenvalue weighted by molar-refractivity contribution is -0.147. The standard InChI is InChI=1S/C11H20N2O3/c1-12-9(14)6-7-13(2)10(8-4-5-8)11(15)16-3/h8,10H,4-7H2,1-3H3,(H,12,14). The quantitative estimate of drug-likeness (QED) is 0.650. The van der Waals surface area contributed by atoms with Crippen molar-refractivity contribution in [2.24, 2.45) is 5.92 Å². The van der Waals surface area contributed by atoms with E-state index in [1.165, 1.54) is 7.11 Å². The van der Waals surface area contributed by atoms with Crippen LogP contribution in [0.3, 0.4) is 0 Å². The first-order valence-electron chi connectivity index (χ1n) is 5.58. The van der Waals surface area contributed by atoms with E-state index in [0.717, 1.165) is 12.8 Å². The minimum absolute atomic E-state index is 0.00809. The molecule has 5 heteroatoms. The van der Waals surface area contributed by atoms with Crippen molar-refractivity contribution in [2.75, 3.05) is 27.7 Å². The number of carbonyl (C=O) groups is 2. The number of hydrogen-bond acceptors (Lipinski definition) is 4. The number of carbonyl (C=O) groups excluding carboxylic acids is 2. The first-order valence-corrected chi connectivity index (χ1v) is 5.58. The number of rotatable bonds is 6. The van der Waals surface area contributed by atoms with Crippen molar-refractivity contribution >= 4 is 11.9 Å². The zero-order valence-electron chi connectivity index (χ0n) is 10.2. The Kier molecular flexibility index (Phi) is 4.73. The molecular formula is C11H20N2O3. The van der Waals surface area contributed by atoms with Gasteiger partial charge in [-0.15, -0.1) is 0 Å². The van der Waals surface area contributed by atoms with Gasteiger partial charge < -0.3 is 10.1 Å². The number of likely N-dealkylation sites (N-methyl/N-ethyl adjacent to an activating group) is 1. The van der Waals surface area contributed by atoms with Crippen molar-refractivity contribution in [3.05, 3.63) is 0 Å². The lowest BCUT2D eigenvalue weighted by Gasteiger charge is -2.25. The molecule has 1 unspecified atom stereocenters. The van der Waals surface area contributed by atoms with Crippen molar-refractivity contribution in [1.82, 2.24) is 10.2 Å². The fourth-order valence-electron chi connectivity index (χ4n) is 1.81. The van der Waals surface area contributed by atoms with Crippen LogP contribution in [-0.4, -0.2) is 50.6 Å². The van der Waals surface area contributed by atoms with Crippen LogP contribution in [0.2, 0.25) is 0 Å². The number of methoxy groups -OCH3 is 1. The molecule has 92 valence electrons. The number of ether oxygens (including phenoxy) is 1. The van der Waals surface area contributed by atoms with Crippen molar-refractivity contribution in [3.8, 4) is 0 Å². The molecule has 0 spiro atoms. The molecule has 0 aromatic heterocycles. The molecule has 16 heavy (non-hydrogen) atoms. The lowest BCUT2D eigenvalue weighted by Crippen LogP contribution is -2.42. The van der Waals surface area contributed by atoms with E-state index in [4.69, 9.17) is 4.74 Å². The van der Waals surface area contributed by atoms with Gasteiger partial charge in [-0.1, -0.05) is 0 Å². The maximum Gasteiger partial charge on any atom is 0.323 e. The van der Waals surface area contributed by atoms with Crippen LogP contribution in [0.4, 0.5) is 0 Å². The zero-order valence-corrected chi connectivity index (χ0v) is 10.2. The smallest absolute Gasteiger partial charge is 0.323 e. The van der Waals surface area contributed by atoms with Gasteiger partial charge in [-0.2, -0.15) is 0 Å². The maximum atomic E-state index is 11.6. The van der Waals surface area contributed by atoms with E-state index in [2.05, 4.69) is 5.32 Å². The molecular weight excluding hydrogens is 208 g/mol. The average Bonchev–Trinajstić information content (AvgIpc) is 3.10. The Labute approximate surface area is 96.1 Å². The van der Waals surface area contributed by atoms with Gasteiger partial charge in [0.15, 0.2) is 0 Å². The third-order valence-corrected chi connectivity index (χ3v) is 2.96. The highest BCUT2D eigenvalue weighted by Gasteiger charge is 2.39. The molecule has 0 bridgehead atoms. The number of nitrogens with zero attached hydrogens (tertiary/aromatic N) is 1. The second-order valence-electron chi connectivity index (χ2n) is 4.21. The van der Waals surface area contributed by atoms with Crippen molar-refractivity contribution < 1.29 is 14.3 Å².